The molecule has 0 saturated carbocycles. The number of hydrogen-bond acceptors (Lipinski definition) is 3. The van der Waals surface area contributed by atoms with Gasteiger partial charge in [0.25, 0.3) is 5.69 Å². The zero-order valence-electron chi connectivity index (χ0n) is 18.0. The summed E-state index contributed by atoms with van der Waals surface area (Å²) in [6, 6.07) is 5.04. The van der Waals surface area contributed by atoms with Crippen LogP contribution in [0.2, 0.25) is 0 Å². The summed E-state index contributed by atoms with van der Waals surface area (Å²) in [5.41, 5.74) is -0.0159. The standard InChI is InChI=1S/C16H36N.C6H5NO3/c1-5-9-13-17(14-10-6-2,15-11-7-3)16-12-8-4;8-6-3-1-5(2-4-6)7(9)10/h5-16H2,1-4H3;1-4,8H/q+1;. The Bertz CT molecular complexity index is 451. The molecule has 0 bridgehead atoms. The van der Waals surface area contributed by atoms with Crippen LogP contribution in [0.25, 0.3) is 0 Å². The molecule has 0 aliphatic carbocycles. The minimum atomic E-state index is -0.514. The fourth-order valence-corrected chi connectivity index (χ4v) is 3.22. The van der Waals surface area contributed by atoms with Crippen molar-refractivity contribution < 1.29 is 14.5 Å². The number of hydrogen-bond donors (Lipinski definition) is 1. The van der Waals surface area contributed by atoms with Crippen molar-refractivity contribution in [3.63, 3.8) is 0 Å². The lowest BCUT2D eigenvalue weighted by Crippen LogP contribution is -2.50. The molecule has 0 saturated heterocycles. The summed E-state index contributed by atoms with van der Waals surface area (Å²) >= 11 is 0. The highest BCUT2D eigenvalue weighted by Crippen LogP contribution is 2.16. The summed E-state index contributed by atoms with van der Waals surface area (Å²) in [4.78, 5) is 9.52. The fourth-order valence-electron chi connectivity index (χ4n) is 3.22. The molecule has 0 aliphatic rings. The van der Waals surface area contributed by atoms with Crippen LogP contribution in [-0.4, -0.2) is 40.7 Å². The van der Waals surface area contributed by atoms with Gasteiger partial charge in [0, 0.05) is 12.1 Å². The summed E-state index contributed by atoms with van der Waals surface area (Å²) < 4.78 is 1.42. The van der Waals surface area contributed by atoms with Crippen molar-refractivity contribution in [2.24, 2.45) is 0 Å². The Hall–Kier alpha value is -1.62. The van der Waals surface area contributed by atoms with Crippen molar-refractivity contribution in [3.8, 4) is 5.75 Å². The van der Waals surface area contributed by atoms with Gasteiger partial charge in [0.05, 0.1) is 31.1 Å². The first-order valence-corrected chi connectivity index (χ1v) is 10.7. The van der Waals surface area contributed by atoms with Crippen molar-refractivity contribution in [2.75, 3.05) is 26.2 Å². The van der Waals surface area contributed by atoms with Gasteiger partial charge in [0.15, 0.2) is 0 Å². The molecule has 1 aromatic rings. The number of nitro benzene ring substituents is 1. The first kappa shape index (κ1) is 25.4. The van der Waals surface area contributed by atoms with Gasteiger partial charge < -0.3 is 9.59 Å². The van der Waals surface area contributed by atoms with Crippen LogP contribution >= 0.6 is 0 Å². The highest BCUT2D eigenvalue weighted by molar-refractivity contribution is 5.34. The summed E-state index contributed by atoms with van der Waals surface area (Å²) in [7, 11) is 0. The maximum atomic E-state index is 10.0. The van der Waals surface area contributed by atoms with Crippen LogP contribution in [0.1, 0.15) is 79.1 Å². The predicted molar refractivity (Wildman–Crippen MR) is 114 cm³/mol. The molecule has 1 aromatic carbocycles. The minimum absolute atomic E-state index is 0.0159. The van der Waals surface area contributed by atoms with E-state index in [4.69, 9.17) is 5.11 Å². The third kappa shape index (κ3) is 11.6. The number of nitro groups is 1. The van der Waals surface area contributed by atoms with E-state index < -0.39 is 4.92 Å². The van der Waals surface area contributed by atoms with E-state index in [-0.39, 0.29) is 11.4 Å². The molecule has 0 spiro atoms. The second-order valence-corrected chi connectivity index (χ2v) is 7.42. The molecule has 0 radical (unpaired) electrons. The Morgan fingerprint density at radius 2 is 1.11 bits per heavy atom. The minimum Gasteiger partial charge on any atom is -0.508 e. The van der Waals surface area contributed by atoms with Crippen molar-refractivity contribution in [1.29, 1.82) is 0 Å². The molecule has 5 nitrogen and oxygen atoms in total. The lowest BCUT2D eigenvalue weighted by molar-refractivity contribution is -0.929. The normalized spacial score (nSPS) is 11.0. The highest BCUT2D eigenvalue weighted by atomic mass is 16.6. The first-order chi connectivity index (χ1) is 12.9. The number of phenols is 1. The number of rotatable bonds is 13. The summed E-state index contributed by atoms with van der Waals surface area (Å²) in [5.74, 6) is 0.0330. The second kappa shape index (κ2) is 15.4. The molecule has 1 N–H and O–H groups in total. The third-order valence-electron chi connectivity index (χ3n) is 5.00. The van der Waals surface area contributed by atoms with Crippen LogP contribution in [0.3, 0.4) is 0 Å². The fraction of sp³-hybridized carbons (Fsp3) is 0.727. The van der Waals surface area contributed by atoms with Crippen molar-refractivity contribution >= 4 is 5.69 Å². The first-order valence-electron chi connectivity index (χ1n) is 10.7. The molecule has 0 heterocycles. The summed E-state index contributed by atoms with van der Waals surface area (Å²) in [6.45, 7) is 15.0. The molecule has 0 fully saturated rings. The third-order valence-corrected chi connectivity index (χ3v) is 5.00. The van der Waals surface area contributed by atoms with Gasteiger partial charge in [0.1, 0.15) is 5.75 Å². The van der Waals surface area contributed by atoms with Gasteiger partial charge in [-0.25, -0.2) is 0 Å². The molecule has 0 unspecified atom stereocenters. The Balaban J connectivity index is 0.000000569. The Kier molecular flexibility index (Phi) is 14.5. The molecule has 0 aliphatic heterocycles. The van der Waals surface area contributed by atoms with Gasteiger partial charge in [-0.3, -0.25) is 10.1 Å². The smallest absolute Gasteiger partial charge is 0.269 e. The van der Waals surface area contributed by atoms with Crippen LogP contribution in [0, 0.1) is 10.1 Å². The van der Waals surface area contributed by atoms with Gasteiger partial charge in [-0.1, -0.05) is 53.4 Å². The van der Waals surface area contributed by atoms with Gasteiger partial charge in [0.2, 0.25) is 0 Å². The molecule has 5 heteroatoms. The van der Waals surface area contributed by atoms with Crippen LogP contribution in [0.5, 0.6) is 5.75 Å². The molecule has 0 amide bonds. The van der Waals surface area contributed by atoms with Crippen LogP contribution in [-0.2, 0) is 0 Å². The molecule has 0 aromatic heterocycles. The zero-order chi connectivity index (χ0) is 20.5. The van der Waals surface area contributed by atoms with E-state index in [0.717, 1.165) is 0 Å². The summed E-state index contributed by atoms with van der Waals surface area (Å²) in [6.07, 6.45) is 11.1. The highest BCUT2D eigenvalue weighted by Gasteiger charge is 2.24. The van der Waals surface area contributed by atoms with E-state index in [9.17, 15) is 10.1 Å². The molecule has 1 rings (SSSR count). The van der Waals surface area contributed by atoms with E-state index in [1.807, 2.05) is 0 Å². The van der Waals surface area contributed by atoms with Crippen LogP contribution in [0.4, 0.5) is 5.69 Å². The van der Waals surface area contributed by atoms with E-state index in [0.29, 0.717) is 0 Å². The largest absolute Gasteiger partial charge is 0.508 e. The van der Waals surface area contributed by atoms with E-state index in [2.05, 4.69) is 27.7 Å². The van der Waals surface area contributed by atoms with E-state index >= 15 is 0 Å². The monoisotopic (exact) mass is 381 g/mol. The Morgan fingerprint density at radius 3 is 1.37 bits per heavy atom. The number of phenolic OH excluding ortho intramolecular Hbond substituents is 1. The van der Waals surface area contributed by atoms with Gasteiger partial charge in [-0.15, -0.1) is 0 Å². The molecular formula is C22H41N2O3+. The molecule has 156 valence electrons. The zero-order valence-corrected chi connectivity index (χ0v) is 18.0. The Labute approximate surface area is 166 Å². The number of aromatic hydroxyl groups is 1. The quantitative estimate of drug-likeness (QED) is 0.247. The average molecular weight is 382 g/mol. The summed E-state index contributed by atoms with van der Waals surface area (Å²) in [5, 5.41) is 18.8. The SMILES string of the molecule is CCCC[N+](CCCC)(CCCC)CCCC.O=[N+]([O-])c1ccc(O)cc1. The second-order valence-electron chi connectivity index (χ2n) is 7.42. The number of nitrogens with zero attached hydrogens (tertiary/aromatic N) is 2. The number of benzene rings is 1. The maximum Gasteiger partial charge on any atom is 0.269 e. The lowest BCUT2D eigenvalue weighted by Gasteiger charge is -2.39. The number of non-ortho nitro benzene ring substituents is 1. The molecule has 0 atom stereocenters. The topological polar surface area (TPSA) is 63.4 Å². The molecular weight excluding hydrogens is 340 g/mol. The average Bonchev–Trinajstić information content (AvgIpc) is 2.68. The Morgan fingerprint density at radius 1 is 0.778 bits per heavy atom. The van der Waals surface area contributed by atoms with Gasteiger partial charge >= 0.3 is 0 Å². The van der Waals surface area contributed by atoms with E-state index in [1.54, 1.807) is 0 Å². The lowest BCUT2D eigenvalue weighted by atomic mass is 10.1. The van der Waals surface area contributed by atoms with Crippen molar-refractivity contribution in [2.45, 2.75) is 79.1 Å². The predicted octanol–water partition coefficient (Wildman–Crippen LogP) is 6.30. The number of unbranched alkanes of at least 4 members (excludes halogenated alkanes) is 4. The van der Waals surface area contributed by atoms with Gasteiger partial charge in [-0.2, -0.15) is 0 Å². The van der Waals surface area contributed by atoms with Crippen LogP contribution < -0.4 is 0 Å². The molecule has 27 heavy (non-hydrogen) atoms. The maximum absolute atomic E-state index is 10.0. The van der Waals surface area contributed by atoms with E-state index in [1.165, 1.54) is 106 Å². The van der Waals surface area contributed by atoms with Crippen molar-refractivity contribution in [1.82, 2.24) is 0 Å². The van der Waals surface area contributed by atoms with Gasteiger partial charge in [-0.05, 0) is 37.8 Å². The number of quaternary nitrogens is 1. The van der Waals surface area contributed by atoms with Crippen molar-refractivity contribution in [3.05, 3.63) is 34.4 Å². The van der Waals surface area contributed by atoms with Crippen LogP contribution in [0.15, 0.2) is 24.3 Å².